The smallest absolute Gasteiger partial charge is 0.119 e. The minimum absolute atomic E-state index is 0.340. The van der Waals surface area contributed by atoms with Crippen molar-refractivity contribution in [3.05, 3.63) is 52.2 Å². The monoisotopic (exact) mass is 288 g/mol. The number of hydrogen-bond donors (Lipinski definition) is 1. The first-order chi connectivity index (χ1) is 9.88. The van der Waals surface area contributed by atoms with Crippen LogP contribution < -0.4 is 10.1 Å². The second-order valence-electron chi connectivity index (χ2n) is 4.98. The molecule has 106 valence electrons. The summed E-state index contributed by atoms with van der Waals surface area (Å²) in [4.78, 5) is 3.96. The molecule has 1 saturated heterocycles. The van der Waals surface area contributed by atoms with Crippen LogP contribution in [0.1, 0.15) is 16.5 Å². The van der Waals surface area contributed by atoms with E-state index < -0.39 is 0 Å². The van der Waals surface area contributed by atoms with Gasteiger partial charge in [-0.05, 0) is 29.1 Å². The minimum Gasteiger partial charge on any atom is -0.497 e. The van der Waals surface area contributed by atoms with E-state index in [4.69, 9.17) is 4.74 Å². The molecule has 1 N–H and O–H groups in total. The van der Waals surface area contributed by atoms with Gasteiger partial charge in [-0.25, -0.2) is 0 Å². The van der Waals surface area contributed by atoms with Gasteiger partial charge in [-0.3, -0.25) is 4.90 Å². The molecule has 0 unspecified atom stereocenters. The number of hydrogen-bond acceptors (Lipinski definition) is 4. The molecule has 0 bridgehead atoms. The summed E-state index contributed by atoms with van der Waals surface area (Å²) in [6, 6.07) is 13.2. The summed E-state index contributed by atoms with van der Waals surface area (Å²) in [5, 5.41) is 5.58. The van der Waals surface area contributed by atoms with E-state index in [9.17, 15) is 0 Å². The van der Waals surface area contributed by atoms with Crippen molar-refractivity contribution < 1.29 is 4.74 Å². The lowest BCUT2D eigenvalue weighted by Crippen LogP contribution is -2.45. The molecule has 1 aliphatic rings. The van der Waals surface area contributed by atoms with E-state index in [1.807, 2.05) is 17.4 Å². The van der Waals surface area contributed by atoms with E-state index in [2.05, 4.69) is 45.9 Å². The third kappa shape index (κ3) is 2.87. The van der Waals surface area contributed by atoms with E-state index in [0.29, 0.717) is 6.04 Å². The van der Waals surface area contributed by atoms with Crippen LogP contribution in [0, 0.1) is 0 Å². The maximum Gasteiger partial charge on any atom is 0.119 e. The Kier molecular flexibility index (Phi) is 4.35. The van der Waals surface area contributed by atoms with Crippen LogP contribution in [0.5, 0.6) is 5.75 Å². The number of benzene rings is 1. The first-order valence-electron chi connectivity index (χ1n) is 7.00. The van der Waals surface area contributed by atoms with Gasteiger partial charge < -0.3 is 10.1 Å². The predicted octanol–water partition coefficient (Wildman–Crippen LogP) is 2.75. The Bertz CT molecular complexity index is 535. The highest BCUT2D eigenvalue weighted by Gasteiger charge is 2.24. The number of nitrogens with zero attached hydrogens (tertiary/aromatic N) is 1. The summed E-state index contributed by atoms with van der Waals surface area (Å²) >= 11 is 1.83. The second-order valence-corrected chi connectivity index (χ2v) is 5.96. The van der Waals surface area contributed by atoms with Gasteiger partial charge in [-0.15, -0.1) is 11.3 Å². The summed E-state index contributed by atoms with van der Waals surface area (Å²) in [5.41, 5.74) is 1.31. The van der Waals surface area contributed by atoms with Gasteiger partial charge in [0.25, 0.3) is 0 Å². The zero-order valence-electron chi connectivity index (χ0n) is 11.7. The van der Waals surface area contributed by atoms with Crippen LogP contribution in [0.25, 0.3) is 0 Å². The molecule has 1 aromatic heterocycles. The van der Waals surface area contributed by atoms with Crippen LogP contribution in [0.4, 0.5) is 0 Å². The average molecular weight is 288 g/mol. The molecule has 1 aliphatic heterocycles. The Morgan fingerprint density at radius 3 is 2.75 bits per heavy atom. The molecule has 1 atom stereocenters. The molecule has 0 radical (unpaired) electrons. The molecule has 1 aromatic carbocycles. The third-order valence-electron chi connectivity index (χ3n) is 3.74. The Balaban J connectivity index is 1.95. The van der Waals surface area contributed by atoms with Crippen LogP contribution in [0.3, 0.4) is 0 Å². The molecular weight excluding hydrogens is 268 g/mol. The molecule has 3 nitrogen and oxygen atoms in total. The highest BCUT2D eigenvalue weighted by Crippen LogP contribution is 2.33. The van der Waals surface area contributed by atoms with E-state index in [0.717, 1.165) is 31.9 Å². The van der Waals surface area contributed by atoms with Crippen LogP contribution >= 0.6 is 11.3 Å². The zero-order valence-corrected chi connectivity index (χ0v) is 12.5. The van der Waals surface area contributed by atoms with Gasteiger partial charge in [0.05, 0.1) is 13.2 Å². The molecule has 0 amide bonds. The summed E-state index contributed by atoms with van der Waals surface area (Å²) in [7, 11) is 1.73. The molecule has 20 heavy (non-hydrogen) atoms. The minimum atomic E-state index is 0.340. The van der Waals surface area contributed by atoms with Crippen LogP contribution in [-0.2, 0) is 0 Å². The van der Waals surface area contributed by atoms with Crippen molar-refractivity contribution in [2.75, 3.05) is 33.3 Å². The number of piperazine rings is 1. The van der Waals surface area contributed by atoms with Crippen molar-refractivity contribution in [3.63, 3.8) is 0 Å². The van der Waals surface area contributed by atoms with Crippen molar-refractivity contribution in [1.82, 2.24) is 10.2 Å². The van der Waals surface area contributed by atoms with Crippen LogP contribution in [0.2, 0.25) is 0 Å². The predicted molar refractivity (Wildman–Crippen MR) is 83.6 cm³/mol. The van der Waals surface area contributed by atoms with Gasteiger partial charge >= 0.3 is 0 Å². The first-order valence-corrected chi connectivity index (χ1v) is 7.88. The van der Waals surface area contributed by atoms with E-state index >= 15 is 0 Å². The molecule has 2 heterocycles. The lowest BCUT2D eigenvalue weighted by atomic mass is 10.0. The van der Waals surface area contributed by atoms with E-state index in [-0.39, 0.29) is 0 Å². The van der Waals surface area contributed by atoms with Crippen molar-refractivity contribution >= 4 is 11.3 Å². The maximum absolute atomic E-state index is 5.38. The van der Waals surface area contributed by atoms with Gasteiger partial charge in [-0.2, -0.15) is 0 Å². The average Bonchev–Trinajstić information content (AvgIpc) is 3.03. The molecule has 0 saturated carbocycles. The normalized spacial score (nSPS) is 17.9. The molecule has 0 spiro atoms. The van der Waals surface area contributed by atoms with Crippen LogP contribution in [-0.4, -0.2) is 38.2 Å². The Morgan fingerprint density at radius 2 is 2.05 bits per heavy atom. The molecule has 1 fully saturated rings. The Morgan fingerprint density at radius 1 is 1.20 bits per heavy atom. The fourth-order valence-corrected chi connectivity index (χ4v) is 3.64. The third-order valence-corrected chi connectivity index (χ3v) is 4.66. The van der Waals surface area contributed by atoms with Gasteiger partial charge in [0.2, 0.25) is 0 Å². The van der Waals surface area contributed by atoms with E-state index in [1.165, 1.54) is 10.4 Å². The number of nitrogens with one attached hydrogen (secondary N) is 1. The van der Waals surface area contributed by atoms with Gasteiger partial charge in [0.15, 0.2) is 0 Å². The summed E-state index contributed by atoms with van der Waals surface area (Å²) < 4.78 is 5.38. The Hall–Kier alpha value is -1.36. The highest BCUT2D eigenvalue weighted by atomic mass is 32.1. The van der Waals surface area contributed by atoms with E-state index in [1.54, 1.807) is 7.11 Å². The molecule has 0 aliphatic carbocycles. The van der Waals surface area contributed by atoms with Crippen molar-refractivity contribution in [2.24, 2.45) is 0 Å². The lowest BCUT2D eigenvalue weighted by Gasteiger charge is -2.34. The fraction of sp³-hybridized carbons (Fsp3) is 0.375. The van der Waals surface area contributed by atoms with Crippen molar-refractivity contribution in [3.8, 4) is 5.75 Å². The largest absolute Gasteiger partial charge is 0.497 e. The first kappa shape index (κ1) is 13.6. The van der Waals surface area contributed by atoms with Crippen molar-refractivity contribution in [2.45, 2.75) is 6.04 Å². The standard InChI is InChI=1S/C16H20N2OS/c1-19-14-5-2-4-13(12-14)16(15-6-3-11-20-15)18-9-7-17-8-10-18/h2-6,11-12,16-17H,7-10H2,1H3/t16-/m1/s1. The van der Waals surface area contributed by atoms with Gasteiger partial charge in [0.1, 0.15) is 5.75 Å². The second kappa shape index (κ2) is 6.39. The number of thiophene rings is 1. The number of methoxy groups -OCH3 is 1. The molecular formula is C16H20N2OS. The maximum atomic E-state index is 5.38. The lowest BCUT2D eigenvalue weighted by molar-refractivity contribution is 0.200. The quantitative estimate of drug-likeness (QED) is 0.936. The molecule has 2 aromatic rings. The zero-order chi connectivity index (χ0) is 13.8. The number of rotatable bonds is 4. The SMILES string of the molecule is COc1cccc([C@H](c2cccs2)N2CCNCC2)c1. The molecule has 4 heteroatoms. The topological polar surface area (TPSA) is 24.5 Å². The fourth-order valence-electron chi connectivity index (χ4n) is 2.75. The highest BCUT2D eigenvalue weighted by molar-refractivity contribution is 7.10. The summed E-state index contributed by atoms with van der Waals surface area (Å²) in [5.74, 6) is 0.930. The summed E-state index contributed by atoms with van der Waals surface area (Å²) in [6.45, 7) is 4.29. The summed E-state index contributed by atoms with van der Waals surface area (Å²) in [6.07, 6.45) is 0. The Labute approximate surface area is 124 Å². The van der Waals surface area contributed by atoms with Gasteiger partial charge in [-0.1, -0.05) is 18.2 Å². The van der Waals surface area contributed by atoms with Gasteiger partial charge in [0, 0.05) is 31.1 Å². The van der Waals surface area contributed by atoms with Crippen molar-refractivity contribution in [1.29, 1.82) is 0 Å². The van der Waals surface area contributed by atoms with Crippen LogP contribution in [0.15, 0.2) is 41.8 Å². The molecule has 3 rings (SSSR count). The number of ether oxygens (including phenoxy) is 1.